The number of carbonyl (C=O) groups excluding carboxylic acids is 1. The Morgan fingerprint density at radius 3 is 1.75 bits per heavy atom. The van der Waals surface area contributed by atoms with Gasteiger partial charge in [-0.2, -0.15) is 0 Å². The van der Waals surface area contributed by atoms with Gasteiger partial charge >= 0.3 is 18.0 Å². The highest BCUT2D eigenvalue weighted by Gasteiger charge is 2.46. The molecular weight excluding hydrogens is 266 g/mol. The molecule has 0 unspecified atom stereocenters. The maximum absolute atomic E-state index is 12.1. The van der Waals surface area contributed by atoms with E-state index in [9.17, 15) is 19.5 Å². The third-order valence-electron chi connectivity index (χ3n) is 2.99. The van der Waals surface area contributed by atoms with Crippen LogP contribution < -0.4 is 0 Å². The average Bonchev–Trinajstić information content (AvgIpc) is 2.26. The zero-order valence-electron chi connectivity index (χ0n) is 12.6. The van der Waals surface area contributed by atoms with E-state index in [4.69, 9.17) is 9.84 Å². The van der Waals surface area contributed by atoms with Gasteiger partial charge in [-0.15, -0.1) is 0 Å². The first kappa shape index (κ1) is 18.2. The van der Waals surface area contributed by atoms with Gasteiger partial charge in [0.2, 0.25) is 0 Å². The fourth-order valence-corrected chi connectivity index (χ4v) is 1.89. The second-order valence-electron chi connectivity index (χ2n) is 5.50. The van der Waals surface area contributed by atoms with Gasteiger partial charge in [0.05, 0.1) is 0 Å². The second-order valence-corrected chi connectivity index (χ2v) is 5.50. The Balaban J connectivity index is 5.58. The van der Waals surface area contributed by atoms with E-state index in [0.29, 0.717) is 0 Å². The van der Waals surface area contributed by atoms with Crippen LogP contribution >= 0.6 is 0 Å². The molecule has 116 valence electrons. The number of rotatable bonds is 6. The Morgan fingerprint density at radius 2 is 1.50 bits per heavy atom. The van der Waals surface area contributed by atoms with Crippen molar-refractivity contribution in [2.24, 2.45) is 0 Å². The Morgan fingerprint density at radius 1 is 1.05 bits per heavy atom. The first-order valence-electron chi connectivity index (χ1n) is 6.46. The molecule has 7 heteroatoms. The molecule has 0 aliphatic rings. The molecule has 0 heterocycles. The summed E-state index contributed by atoms with van der Waals surface area (Å²) >= 11 is 0. The smallest absolute Gasteiger partial charge is 0.411 e. The summed E-state index contributed by atoms with van der Waals surface area (Å²) in [6, 6.07) is 0. The lowest BCUT2D eigenvalue weighted by Gasteiger charge is -2.39. The van der Waals surface area contributed by atoms with E-state index in [0.717, 1.165) is 4.90 Å². The highest BCUT2D eigenvalue weighted by molar-refractivity contribution is 5.87. The van der Waals surface area contributed by atoms with Gasteiger partial charge < -0.3 is 14.9 Å². The number of amides is 1. The summed E-state index contributed by atoms with van der Waals surface area (Å²) in [5.74, 6) is -2.53. The van der Waals surface area contributed by atoms with E-state index >= 15 is 0 Å². The molecule has 20 heavy (non-hydrogen) atoms. The van der Waals surface area contributed by atoms with Crippen LogP contribution in [0.25, 0.3) is 0 Å². The standard InChI is InChI=1S/C13H23NO6/c1-6-13(7-2,10(17)18)14(8-9(15)16)11(19)20-12(3,4)5/h6-8H2,1-5H3,(H,15,16)(H,17,18). The van der Waals surface area contributed by atoms with Crippen molar-refractivity contribution in [3.8, 4) is 0 Å². The second kappa shape index (κ2) is 6.58. The fraction of sp³-hybridized carbons (Fsp3) is 0.769. The van der Waals surface area contributed by atoms with Gasteiger partial charge in [0, 0.05) is 0 Å². The lowest BCUT2D eigenvalue weighted by Crippen LogP contribution is -2.58. The highest BCUT2D eigenvalue weighted by Crippen LogP contribution is 2.26. The molecule has 0 radical (unpaired) electrons. The molecular formula is C13H23NO6. The largest absolute Gasteiger partial charge is 0.480 e. The molecule has 0 saturated carbocycles. The Labute approximate surface area is 118 Å². The number of aliphatic carboxylic acids is 2. The number of carbonyl (C=O) groups is 3. The van der Waals surface area contributed by atoms with Crippen LogP contribution in [0.15, 0.2) is 0 Å². The van der Waals surface area contributed by atoms with Crippen molar-refractivity contribution in [1.82, 2.24) is 4.90 Å². The molecule has 0 aliphatic heterocycles. The summed E-state index contributed by atoms with van der Waals surface area (Å²) in [7, 11) is 0. The minimum absolute atomic E-state index is 0.0886. The van der Waals surface area contributed by atoms with Gasteiger partial charge in [0.25, 0.3) is 0 Å². The van der Waals surface area contributed by atoms with Crippen LogP contribution in [-0.2, 0) is 14.3 Å². The zero-order valence-corrected chi connectivity index (χ0v) is 12.6. The molecule has 0 saturated heterocycles. The molecule has 0 rings (SSSR count). The van der Waals surface area contributed by atoms with Crippen LogP contribution in [0.5, 0.6) is 0 Å². The Bertz CT molecular complexity index is 381. The van der Waals surface area contributed by atoms with Crippen molar-refractivity contribution < 1.29 is 29.3 Å². The van der Waals surface area contributed by atoms with E-state index in [2.05, 4.69) is 0 Å². The van der Waals surface area contributed by atoms with Gasteiger partial charge in [0.1, 0.15) is 17.7 Å². The van der Waals surface area contributed by atoms with Gasteiger partial charge in [-0.1, -0.05) is 13.8 Å². The quantitative estimate of drug-likeness (QED) is 0.774. The molecule has 1 amide bonds. The first-order chi connectivity index (χ1) is 9.00. The van der Waals surface area contributed by atoms with Crippen LogP contribution in [0, 0.1) is 0 Å². The molecule has 2 N–H and O–H groups in total. The number of hydrogen-bond acceptors (Lipinski definition) is 4. The summed E-state index contributed by atoms with van der Waals surface area (Å²) < 4.78 is 5.12. The van der Waals surface area contributed by atoms with Crippen LogP contribution in [0.4, 0.5) is 4.79 Å². The highest BCUT2D eigenvalue weighted by atomic mass is 16.6. The SMILES string of the molecule is CCC(CC)(C(=O)O)N(CC(=O)O)C(=O)OC(C)(C)C. The maximum atomic E-state index is 12.1. The predicted molar refractivity (Wildman–Crippen MR) is 71.5 cm³/mol. The topological polar surface area (TPSA) is 104 Å². The lowest BCUT2D eigenvalue weighted by atomic mass is 9.91. The number of hydrogen-bond donors (Lipinski definition) is 2. The average molecular weight is 289 g/mol. The van der Waals surface area contributed by atoms with Crippen LogP contribution in [-0.4, -0.2) is 50.8 Å². The molecule has 0 aliphatic carbocycles. The molecule has 0 spiro atoms. The molecule has 0 aromatic carbocycles. The van der Waals surface area contributed by atoms with Gasteiger partial charge in [-0.25, -0.2) is 9.59 Å². The molecule has 0 aromatic rings. The number of carboxylic acids is 2. The Hall–Kier alpha value is -1.79. The molecule has 0 bridgehead atoms. The summed E-state index contributed by atoms with van der Waals surface area (Å²) in [6.07, 6.45) is -0.762. The number of nitrogens with zero attached hydrogens (tertiary/aromatic N) is 1. The van der Waals surface area contributed by atoms with Crippen LogP contribution in [0.2, 0.25) is 0 Å². The van der Waals surface area contributed by atoms with Gasteiger partial charge in [-0.05, 0) is 33.6 Å². The fourth-order valence-electron chi connectivity index (χ4n) is 1.89. The molecule has 0 aromatic heterocycles. The lowest BCUT2D eigenvalue weighted by molar-refractivity contribution is -0.154. The van der Waals surface area contributed by atoms with E-state index < -0.39 is 35.7 Å². The van der Waals surface area contributed by atoms with Crippen molar-refractivity contribution in [3.63, 3.8) is 0 Å². The van der Waals surface area contributed by atoms with E-state index in [1.165, 1.54) is 0 Å². The van der Waals surface area contributed by atoms with Crippen molar-refractivity contribution in [1.29, 1.82) is 0 Å². The van der Waals surface area contributed by atoms with E-state index in [1.54, 1.807) is 34.6 Å². The number of ether oxygens (including phenoxy) is 1. The first-order valence-corrected chi connectivity index (χ1v) is 6.46. The summed E-state index contributed by atoms with van der Waals surface area (Å²) in [6.45, 7) is 7.36. The van der Waals surface area contributed by atoms with Crippen LogP contribution in [0.3, 0.4) is 0 Å². The minimum atomic E-state index is -1.58. The van der Waals surface area contributed by atoms with Crippen molar-refractivity contribution >= 4 is 18.0 Å². The normalized spacial score (nSPS) is 11.8. The van der Waals surface area contributed by atoms with Crippen molar-refractivity contribution in [3.05, 3.63) is 0 Å². The molecule has 0 fully saturated rings. The maximum Gasteiger partial charge on any atom is 0.411 e. The zero-order chi connectivity index (χ0) is 16.1. The van der Waals surface area contributed by atoms with Crippen LogP contribution in [0.1, 0.15) is 47.5 Å². The summed E-state index contributed by atoms with van der Waals surface area (Å²) in [5.41, 5.74) is -2.42. The third kappa shape index (κ3) is 4.40. The number of carboxylic acid groups (broad SMARTS) is 2. The third-order valence-corrected chi connectivity index (χ3v) is 2.99. The van der Waals surface area contributed by atoms with Crippen molar-refractivity contribution in [2.75, 3.05) is 6.54 Å². The summed E-state index contributed by atoms with van der Waals surface area (Å²) in [4.78, 5) is 35.4. The van der Waals surface area contributed by atoms with Crippen molar-refractivity contribution in [2.45, 2.75) is 58.6 Å². The predicted octanol–water partition coefficient (Wildman–Crippen LogP) is 1.95. The van der Waals surface area contributed by atoms with Gasteiger partial charge in [0.15, 0.2) is 0 Å². The van der Waals surface area contributed by atoms with E-state index in [1.807, 2.05) is 0 Å². The van der Waals surface area contributed by atoms with E-state index in [-0.39, 0.29) is 12.8 Å². The van der Waals surface area contributed by atoms with Gasteiger partial charge in [-0.3, -0.25) is 9.69 Å². The summed E-state index contributed by atoms with van der Waals surface area (Å²) in [5, 5.41) is 18.3. The monoisotopic (exact) mass is 289 g/mol. The molecule has 0 atom stereocenters. The Kier molecular flexibility index (Phi) is 5.99. The minimum Gasteiger partial charge on any atom is -0.480 e. The molecule has 7 nitrogen and oxygen atoms in total.